The highest BCUT2D eigenvalue weighted by Gasteiger charge is 2.28. The van der Waals surface area contributed by atoms with Crippen LogP contribution in [0.4, 0.5) is 15.8 Å². The quantitative estimate of drug-likeness (QED) is 0.873. The summed E-state index contributed by atoms with van der Waals surface area (Å²) < 4.78 is 18.4. The van der Waals surface area contributed by atoms with Crippen LogP contribution in [-0.4, -0.2) is 25.0 Å². The van der Waals surface area contributed by atoms with Gasteiger partial charge in [-0.1, -0.05) is 12.1 Å². The van der Waals surface area contributed by atoms with Gasteiger partial charge in [0.25, 0.3) is 5.91 Å². The molecule has 0 saturated carbocycles. The second-order valence-corrected chi connectivity index (χ2v) is 5.71. The molecule has 2 aromatic rings. The molecule has 0 radical (unpaired) electrons. The van der Waals surface area contributed by atoms with Crippen LogP contribution in [0.15, 0.2) is 48.5 Å². The highest BCUT2D eigenvalue weighted by atomic mass is 19.1. The first-order valence-electron chi connectivity index (χ1n) is 7.77. The van der Waals surface area contributed by atoms with Crippen molar-refractivity contribution in [3.8, 4) is 5.75 Å². The van der Waals surface area contributed by atoms with Crippen LogP contribution in [0.2, 0.25) is 0 Å². The minimum Gasteiger partial charge on any atom is -0.479 e. The highest BCUT2D eigenvalue weighted by molar-refractivity contribution is 6.04. The Morgan fingerprint density at radius 3 is 2.68 bits per heavy atom. The molecule has 6 heteroatoms. The van der Waals surface area contributed by atoms with Crippen LogP contribution in [0, 0.1) is 5.82 Å². The fourth-order valence-electron chi connectivity index (χ4n) is 2.52. The number of ether oxygens (including phenoxy) is 1. The predicted octanol–water partition coefficient (Wildman–Crippen LogP) is 3.22. The summed E-state index contributed by atoms with van der Waals surface area (Å²) in [7, 11) is 1.67. The van der Waals surface area contributed by atoms with Crippen LogP contribution < -0.4 is 15.0 Å². The molecule has 5 nitrogen and oxygen atoms in total. The first-order valence-corrected chi connectivity index (χ1v) is 7.77. The Kier molecular flexibility index (Phi) is 4.52. The lowest BCUT2D eigenvalue weighted by Gasteiger charge is -2.30. The average molecular weight is 340 g/mol. The van der Waals surface area contributed by atoms with Crippen molar-refractivity contribution in [2.75, 3.05) is 17.3 Å². The number of carbonyl (C=O) groups is 2. The van der Waals surface area contributed by atoms with Gasteiger partial charge in [-0.15, -0.1) is 0 Å². The van der Waals surface area contributed by atoms with Gasteiger partial charge < -0.3 is 15.0 Å². The van der Waals surface area contributed by atoms with E-state index < -0.39 is 6.10 Å². The van der Waals surface area contributed by atoms with Crippen molar-refractivity contribution in [1.29, 1.82) is 0 Å². The number of hydrogen-bond donors (Lipinski definition) is 1. The number of nitrogens with zero attached hydrogens (tertiary/aromatic N) is 1. The molecule has 0 spiro atoms. The maximum atomic E-state index is 12.9. The summed E-state index contributed by atoms with van der Waals surface area (Å²) in [5, 5.41) is 2.73. The van der Waals surface area contributed by atoms with E-state index in [1.165, 1.54) is 23.1 Å². The molecule has 0 aromatic heterocycles. The van der Waals surface area contributed by atoms with Gasteiger partial charge in [-0.2, -0.15) is 0 Å². The molecule has 1 N–H and O–H groups in total. The Morgan fingerprint density at radius 2 is 1.96 bits per heavy atom. The second-order valence-electron chi connectivity index (χ2n) is 5.71. The molecule has 1 unspecified atom stereocenters. The molecule has 128 valence electrons. The van der Waals surface area contributed by atoms with Gasteiger partial charge in [0.2, 0.25) is 5.91 Å². The summed E-state index contributed by atoms with van der Waals surface area (Å²) in [6.45, 7) is 1.69. The van der Waals surface area contributed by atoms with Crippen LogP contribution in [0.5, 0.6) is 5.75 Å². The van der Waals surface area contributed by atoms with Gasteiger partial charge in [-0.3, -0.25) is 9.59 Å². The normalized spacial score (nSPS) is 16.5. The third-order valence-electron chi connectivity index (χ3n) is 3.87. The van der Waals surface area contributed by atoms with E-state index in [1.807, 2.05) is 0 Å². The maximum absolute atomic E-state index is 12.9. The number of amides is 2. The first kappa shape index (κ1) is 16.7. The SMILES string of the molecule is CC1Oc2ccc(NC(=O)/C=C/c3ccc(F)cc3)cc2N(C)C1=O. The minimum atomic E-state index is -0.531. The van der Waals surface area contributed by atoms with Gasteiger partial charge in [0, 0.05) is 18.8 Å². The molecule has 0 fully saturated rings. The fraction of sp³-hybridized carbons (Fsp3) is 0.158. The summed E-state index contributed by atoms with van der Waals surface area (Å²) in [5.41, 5.74) is 1.86. The summed E-state index contributed by atoms with van der Waals surface area (Å²) in [4.78, 5) is 25.5. The number of likely N-dealkylation sites (N-methyl/N-ethyl adjacent to an activating group) is 1. The molecule has 1 heterocycles. The Bertz CT molecular complexity index is 846. The van der Waals surface area contributed by atoms with E-state index in [9.17, 15) is 14.0 Å². The Morgan fingerprint density at radius 1 is 1.24 bits per heavy atom. The van der Waals surface area contributed by atoms with Gasteiger partial charge in [0.1, 0.15) is 11.6 Å². The predicted molar refractivity (Wildman–Crippen MR) is 94.0 cm³/mol. The van der Waals surface area contributed by atoms with Crippen LogP contribution in [0.25, 0.3) is 6.08 Å². The maximum Gasteiger partial charge on any atom is 0.267 e. The molecular weight excluding hydrogens is 323 g/mol. The zero-order valence-corrected chi connectivity index (χ0v) is 13.8. The van der Waals surface area contributed by atoms with Crippen molar-refractivity contribution in [3.05, 3.63) is 59.9 Å². The molecule has 1 aliphatic rings. The fourth-order valence-corrected chi connectivity index (χ4v) is 2.52. The lowest BCUT2D eigenvalue weighted by Crippen LogP contribution is -2.41. The van der Waals surface area contributed by atoms with Gasteiger partial charge in [-0.25, -0.2) is 4.39 Å². The number of fused-ring (bicyclic) bond motifs is 1. The van der Waals surface area contributed by atoms with Crippen molar-refractivity contribution in [2.45, 2.75) is 13.0 Å². The summed E-state index contributed by atoms with van der Waals surface area (Å²) in [6.07, 6.45) is 2.42. The van der Waals surface area contributed by atoms with E-state index in [4.69, 9.17) is 4.74 Å². The zero-order chi connectivity index (χ0) is 18.0. The van der Waals surface area contributed by atoms with E-state index in [0.717, 1.165) is 5.56 Å². The third kappa shape index (κ3) is 3.68. The molecule has 0 bridgehead atoms. The number of nitrogens with one attached hydrogen (secondary N) is 1. The highest BCUT2D eigenvalue weighted by Crippen LogP contribution is 2.35. The molecule has 2 aromatic carbocycles. The molecule has 0 aliphatic carbocycles. The van der Waals surface area contributed by atoms with Crippen LogP contribution in [-0.2, 0) is 9.59 Å². The topological polar surface area (TPSA) is 58.6 Å². The largest absolute Gasteiger partial charge is 0.479 e. The molecule has 0 saturated heterocycles. The Labute approximate surface area is 144 Å². The van der Waals surface area contributed by atoms with E-state index in [2.05, 4.69) is 5.32 Å². The van der Waals surface area contributed by atoms with Crippen molar-refractivity contribution in [2.24, 2.45) is 0 Å². The first-order chi connectivity index (χ1) is 11.9. The van der Waals surface area contributed by atoms with Crippen LogP contribution >= 0.6 is 0 Å². The molecular formula is C19H17FN2O3. The van der Waals surface area contributed by atoms with Crippen molar-refractivity contribution in [1.82, 2.24) is 0 Å². The molecule has 25 heavy (non-hydrogen) atoms. The van der Waals surface area contributed by atoms with E-state index in [-0.39, 0.29) is 17.6 Å². The standard InChI is InChI=1S/C19H17FN2O3/c1-12-19(24)22(2)16-11-15(8-9-17(16)25-12)21-18(23)10-5-13-3-6-14(20)7-4-13/h3-12H,1-2H3,(H,21,23)/b10-5+. The number of benzene rings is 2. The smallest absolute Gasteiger partial charge is 0.267 e. The second kappa shape index (κ2) is 6.76. The van der Waals surface area contributed by atoms with Gasteiger partial charge in [-0.05, 0) is 48.9 Å². The third-order valence-corrected chi connectivity index (χ3v) is 3.87. The number of anilines is 2. The van der Waals surface area contributed by atoms with E-state index in [0.29, 0.717) is 17.1 Å². The summed E-state index contributed by atoms with van der Waals surface area (Å²) in [5.74, 6) is -0.212. The Balaban J connectivity index is 1.72. The van der Waals surface area contributed by atoms with Crippen molar-refractivity contribution >= 4 is 29.3 Å². The van der Waals surface area contributed by atoms with E-state index >= 15 is 0 Å². The van der Waals surface area contributed by atoms with Crippen molar-refractivity contribution < 1.29 is 18.7 Å². The average Bonchev–Trinajstić information content (AvgIpc) is 2.60. The summed E-state index contributed by atoms with van der Waals surface area (Å²) >= 11 is 0. The van der Waals surface area contributed by atoms with Crippen molar-refractivity contribution in [3.63, 3.8) is 0 Å². The number of carbonyl (C=O) groups excluding carboxylic acids is 2. The number of halogens is 1. The van der Waals surface area contributed by atoms with Gasteiger partial charge in [0.05, 0.1) is 5.69 Å². The van der Waals surface area contributed by atoms with Crippen LogP contribution in [0.3, 0.4) is 0 Å². The monoisotopic (exact) mass is 340 g/mol. The van der Waals surface area contributed by atoms with E-state index in [1.54, 1.807) is 50.4 Å². The Hall–Kier alpha value is -3.15. The molecule has 1 atom stereocenters. The molecule has 3 rings (SSSR count). The van der Waals surface area contributed by atoms with Gasteiger partial charge >= 0.3 is 0 Å². The zero-order valence-electron chi connectivity index (χ0n) is 13.8. The summed E-state index contributed by atoms with van der Waals surface area (Å²) in [6, 6.07) is 10.9. The number of rotatable bonds is 3. The molecule has 2 amide bonds. The minimum absolute atomic E-state index is 0.146. The lowest BCUT2D eigenvalue weighted by molar-refractivity contribution is -0.125. The number of hydrogen-bond acceptors (Lipinski definition) is 3. The molecule has 1 aliphatic heterocycles. The van der Waals surface area contributed by atoms with Gasteiger partial charge in [0.15, 0.2) is 6.10 Å². The van der Waals surface area contributed by atoms with Crippen LogP contribution in [0.1, 0.15) is 12.5 Å². The lowest BCUT2D eigenvalue weighted by atomic mass is 10.1.